The van der Waals surface area contributed by atoms with Gasteiger partial charge in [-0.25, -0.2) is 9.78 Å². The predicted molar refractivity (Wildman–Crippen MR) is 118 cm³/mol. The lowest BCUT2D eigenvalue weighted by Gasteiger charge is -2.28. The second-order valence-corrected chi connectivity index (χ2v) is 7.60. The molecule has 0 spiro atoms. The van der Waals surface area contributed by atoms with Crippen LogP contribution in [0.15, 0.2) is 42.5 Å². The van der Waals surface area contributed by atoms with Crippen LogP contribution in [0.25, 0.3) is 10.9 Å². The van der Waals surface area contributed by atoms with Gasteiger partial charge in [-0.3, -0.25) is 0 Å². The van der Waals surface area contributed by atoms with Gasteiger partial charge in [0.05, 0.1) is 29.4 Å². The van der Waals surface area contributed by atoms with E-state index in [-0.39, 0.29) is 6.03 Å². The number of fused-ring (bicyclic) bond motifs is 1. The van der Waals surface area contributed by atoms with E-state index in [2.05, 4.69) is 28.5 Å². The Morgan fingerprint density at radius 3 is 2.62 bits per heavy atom. The van der Waals surface area contributed by atoms with Crippen LogP contribution in [0.4, 0.5) is 22.0 Å². The van der Waals surface area contributed by atoms with Gasteiger partial charge in [0, 0.05) is 24.2 Å². The molecule has 0 unspecified atom stereocenters. The minimum Gasteiger partial charge on any atom is -0.378 e. The van der Waals surface area contributed by atoms with Gasteiger partial charge in [-0.05, 0) is 61.4 Å². The number of aryl methyl sites for hydroxylation is 2. The number of halogens is 1. The maximum atomic E-state index is 12.4. The van der Waals surface area contributed by atoms with Crippen LogP contribution in [-0.4, -0.2) is 37.3 Å². The number of hydrogen-bond acceptors (Lipinski definition) is 4. The van der Waals surface area contributed by atoms with Crippen molar-refractivity contribution in [3.8, 4) is 0 Å². The average molecular weight is 411 g/mol. The summed E-state index contributed by atoms with van der Waals surface area (Å²) in [5.41, 5.74) is 4.32. The standard InChI is InChI=1S/C22H23ClN4O2/c1-14-3-5-20(18(23)11-14)26-22(28)24-16-4-6-19-17(13-16)15(2)12-21(25-19)27-7-9-29-10-8-27/h3-6,11-13H,7-10H2,1-2H3,(H2,24,26,28). The maximum Gasteiger partial charge on any atom is 0.323 e. The van der Waals surface area contributed by atoms with Gasteiger partial charge < -0.3 is 20.3 Å². The first-order valence-corrected chi connectivity index (χ1v) is 9.96. The molecule has 0 aliphatic carbocycles. The molecule has 0 bridgehead atoms. The minimum absolute atomic E-state index is 0.342. The number of urea groups is 1. The molecule has 0 radical (unpaired) electrons. The summed E-state index contributed by atoms with van der Waals surface area (Å²) in [6, 6.07) is 13.0. The van der Waals surface area contributed by atoms with Crippen LogP contribution in [0.1, 0.15) is 11.1 Å². The van der Waals surface area contributed by atoms with E-state index in [0.717, 1.165) is 54.2 Å². The van der Waals surface area contributed by atoms with Crippen LogP contribution in [-0.2, 0) is 4.74 Å². The van der Waals surface area contributed by atoms with Crippen molar-refractivity contribution in [2.45, 2.75) is 13.8 Å². The summed E-state index contributed by atoms with van der Waals surface area (Å²) < 4.78 is 5.42. The zero-order valence-corrected chi connectivity index (χ0v) is 17.2. The summed E-state index contributed by atoms with van der Waals surface area (Å²) in [7, 11) is 0. The van der Waals surface area contributed by atoms with Crippen LogP contribution >= 0.6 is 11.6 Å². The fourth-order valence-electron chi connectivity index (χ4n) is 3.41. The zero-order valence-electron chi connectivity index (χ0n) is 16.5. The van der Waals surface area contributed by atoms with Gasteiger partial charge >= 0.3 is 6.03 Å². The average Bonchev–Trinajstić information content (AvgIpc) is 2.71. The van der Waals surface area contributed by atoms with Crippen molar-refractivity contribution < 1.29 is 9.53 Å². The Morgan fingerprint density at radius 1 is 1.07 bits per heavy atom. The van der Waals surface area contributed by atoms with Crippen molar-refractivity contribution in [1.29, 1.82) is 0 Å². The SMILES string of the molecule is Cc1ccc(NC(=O)Nc2ccc3nc(N4CCOCC4)cc(C)c3c2)c(Cl)c1. The Morgan fingerprint density at radius 2 is 1.86 bits per heavy atom. The van der Waals surface area contributed by atoms with Crippen molar-refractivity contribution in [3.63, 3.8) is 0 Å². The van der Waals surface area contributed by atoms with Gasteiger partial charge in [-0.15, -0.1) is 0 Å². The van der Waals surface area contributed by atoms with Crippen LogP contribution in [0.5, 0.6) is 0 Å². The first kappa shape index (κ1) is 19.5. The van der Waals surface area contributed by atoms with E-state index in [4.69, 9.17) is 21.3 Å². The molecular formula is C22H23ClN4O2. The molecule has 0 saturated carbocycles. The summed E-state index contributed by atoms with van der Waals surface area (Å²) >= 11 is 6.19. The van der Waals surface area contributed by atoms with E-state index in [1.807, 2.05) is 37.3 Å². The van der Waals surface area contributed by atoms with Gasteiger partial charge in [-0.1, -0.05) is 17.7 Å². The van der Waals surface area contributed by atoms with Crippen LogP contribution in [0.3, 0.4) is 0 Å². The first-order chi connectivity index (χ1) is 14.0. The molecule has 1 aromatic heterocycles. The molecule has 2 aromatic carbocycles. The lowest BCUT2D eigenvalue weighted by Crippen LogP contribution is -2.36. The smallest absolute Gasteiger partial charge is 0.323 e. The second-order valence-electron chi connectivity index (χ2n) is 7.19. The highest BCUT2D eigenvalue weighted by atomic mass is 35.5. The molecule has 6 nitrogen and oxygen atoms in total. The zero-order chi connectivity index (χ0) is 20.4. The van der Waals surface area contributed by atoms with Crippen molar-refractivity contribution in [3.05, 3.63) is 58.6 Å². The van der Waals surface area contributed by atoms with E-state index < -0.39 is 0 Å². The van der Waals surface area contributed by atoms with Crippen molar-refractivity contribution in [2.24, 2.45) is 0 Å². The van der Waals surface area contributed by atoms with Gasteiger partial charge in [0.1, 0.15) is 5.82 Å². The topological polar surface area (TPSA) is 66.5 Å². The van der Waals surface area contributed by atoms with Gasteiger partial charge in [-0.2, -0.15) is 0 Å². The number of nitrogens with zero attached hydrogens (tertiary/aromatic N) is 2. The number of nitrogens with one attached hydrogen (secondary N) is 2. The Balaban J connectivity index is 1.52. The number of carbonyl (C=O) groups is 1. The number of morpholine rings is 1. The summed E-state index contributed by atoms with van der Waals surface area (Å²) in [5, 5.41) is 7.17. The maximum absolute atomic E-state index is 12.4. The van der Waals surface area contributed by atoms with Crippen molar-refractivity contribution in [2.75, 3.05) is 41.8 Å². The number of hydrogen-bond donors (Lipinski definition) is 2. The fraction of sp³-hybridized carbons (Fsp3) is 0.273. The monoisotopic (exact) mass is 410 g/mol. The van der Waals surface area contributed by atoms with Crippen LogP contribution in [0, 0.1) is 13.8 Å². The molecule has 1 aliphatic rings. The third-order valence-electron chi connectivity index (χ3n) is 4.97. The number of rotatable bonds is 3. The highest BCUT2D eigenvalue weighted by Crippen LogP contribution is 2.27. The van der Waals surface area contributed by atoms with E-state index in [1.54, 1.807) is 6.07 Å². The van der Waals surface area contributed by atoms with Gasteiger partial charge in [0.25, 0.3) is 0 Å². The molecule has 0 atom stereocenters. The van der Waals surface area contributed by atoms with Crippen molar-refractivity contribution >= 4 is 45.7 Å². The Hall–Kier alpha value is -2.83. The number of anilines is 3. The summed E-state index contributed by atoms with van der Waals surface area (Å²) in [5.74, 6) is 0.964. The Kier molecular flexibility index (Phi) is 5.56. The van der Waals surface area contributed by atoms with E-state index in [0.29, 0.717) is 16.4 Å². The molecule has 29 heavy (non-hydrogen) atoms. The molecular weight excluding hydrogens is 388 g/mol. The van der Waals surface area contributed by atoms with E-state index >= 15 is 0 Å². The summed E-state index contributed by atoms with van der Waals surface area (Å²) in [6.07, 6.45) is 0. The molecule has 2 amide bonds. The lowest BCUT2D eigenvalue weighted by atomic mass is 10.1. The largest absolute Gasteiger partial charge is 0.378 e. The number of carbonyl (C=O) groups excluding carboxylic acids is 1. The van der Waals surface area contributed by atoms with Gasteiger partial charge in [0.2, 0.25) is 0 Å². The molecule has 1 fully saturated rings. The highest BCUT2D eigenvalue weighted by Gasteiger charge is 2.14. The third kappa shape index (κ3) is 4.44. The number of benzene rings is 2. The molecule has 4 rings (SSSR count). The molecule has 2 heterocycles. The number of pyridine rings is 1. The Bertz CT molecular complexity index is 1060. The minimum atomic E-state index is -0.342. The summed E-state index contributed by atoms with van der Waals surface area (Å²) in [6.45, 7) is 7.15. The molecule has 7 heteroatoms. The summed E-state index contributed by atoms with van der Waals surface area (Å²) in [4.78, 5) is 19.4. The second kappa shape index (κ2) is 8.27. The van der Waals surface area contributed by atoms with E-state index in [9.17, 15) is 4.79 Å². The Labute approximate surface area is 174 Å². The number of ether oxygens (including phenoxy) is 1. The van der Waals surface area contributed by atoms with E-state index in [1.165, 1.54) is 0 Å². The van der Waals surface area contributed by atoms with Crippen LogP contribution in [0.2, 0.25) is 5.02 Å². The quantitative estimate of drug-likeness (QED) is 0.638. The molecule has 1 saturated heterocycles. The van der Waals surface area contributed by atoms with Gasteiger partial charge in [0.15, 0.2) is 0 Å². The number of aromatic nitrogens is 1. The van der Waals surface area contributed by atoms with Crippen molar-refractivity contribution in [1.82, 2.24) is 4.98 Å². The number of amides is 2. The predicted octanol–water partition coefficient (Wildman–Crippen LogP) is 4.99. The highest BCUT2D eigenvalue weighted by molar-refractivity contribution is 6.33. The fourth-order valence-corrected chi connectivity index (χ4v) is 3.70. The first-order valence-electron chi connectivity index (χ1n) is 9.58. The molecule has 150 valence electrons. The molecule has 1 aliphatic heterocycles. The normalized spacial score (nSPS) is 14.1. The third-order valence-corrected chi connectivity index (χ3v) is 5.28. The molecule has 2 N–H and O–H groups in total. The van der Waals surface area contributed by atoms with Crippen LogP contribution < -0.4 is 15.5 Å². The molecule has 3 aromatic rings. The lowest BCUT2D eigenvalue weighted by molar-refractivity contribution is 0.122.